The van der Waals surface area contributed by atoms with Crippen molar-refractivity contribution in [2.75, 3.05) is 4.90 Å². The van der Waals surface area contributed by atoms with Crippen LogP contribution in [0.4, 0.5) is 17.1 Å². The van der Waals surface area contributed by atoms with E-state index in [-0.39, 0.29) is 16.2 Å². The van der Waals surface area contributed by atoms with Gasteiger partial charge in [0.05, 0.1) is 5.69 Å². The molecule has 4 atom stereocenters. The molecule has 5 aromatic carbocycles. The van der Waals surface area contributed by atoms with Crippen molar-refractivity contribution < 1.29 is 0 Å². The summed E-state index contributed by atoms with van der Waals surface area (Å²) in [6.07, 6.45) is 11.4. The Labute approximate surface area is 303 Å². The number of hydrogen-bond donors (Lipinski definition) is 0. The molecule has 2 bridgehead atoms. The van der Waals surface area contributed by atoms with Gasteiger partial charge in [-0.05, 0) is 135 Å². The lowest BCUT2D eigenvalue weighted by Crippen LogP contribution is -2.31. The quantitative estimate of drug-likeness (QED) is 0.186. The number of anilines is 3. The molecule has 0 heterocycles. The normalized spacial score (nSPS) is 26.2. The summed E-state index contributed by atoms with van der Waals surface area (Å²) in [5.74, 6) is 2.14. The van der Waals surface area contributed by atoms with Gasteiger partial charge in [-0.2, -0.15) is 0 Å². The number of nitrogens with zero attached hydrogens (tertiary/aromatic N) is 1. The van der Waals surface area contributed by atoms with E-state index >= 15 is 0 Å². The molecule has 4 unspecified atom stereocenters. The van der Waals surface area contributed by atoms with Crippen LogP contribution < -0.4 is 4.90 Å². The summed E-state index contributed by atoms with van der Waals surface area (Å²) < 4.78 is 0. The van der Waals surface area contributed by atoms with E-state index in [1.807, 2.05) is 0 Å². The monoisotopic (exact) mass is 661 g/mol. The minimum atomic E-state index is -0.0721. The molecule has 0 N–H and O–H groups in total. The van der Waals surface area contributed by atoms with Gasteiger partial charge in [0.15, 0.2) is 0 Å². The summed E-state index contributed by atoms with van der Waals surface area (Å²) in [6.45, 7) is 12.2. The molecule has 2 fully saturated rings. The van der Waals surface area contributed by atoms with Crippen molar-refractivity contribution in [3.63, 3.8) is 0 Å². The van der Waals surface area contributed by atoms with E-state index < -0.39 is 0 Å². The fourth-order valence-electron chi connectivity index (χ4n) is 12.5. The van der Waals surface area contributed by atoms with Crippen molar-refractivity contribution in [1.82, 2.24) is 0 Å². The van der Waals surface area contributed by atoms with Crippen LogP contribution in [0.15, 0.2) is 121 Å². The maximum absolute atomic E-state index is 2.63. The third kappa shape index (κ3) is 3.73. The highest BCUT2D eigenvalue weighted by Crippen LogP contribution is 2.67. The molecule has 5 aromatic rings. The molecular weight excluding hydrogens is 615 g/mol. The maximum atomic E-state index is 2.63. The summed E-state index contributed by atoms with van der Waals surface area (Å²) in [5, 5.41) is 0. The highest BCUT2D eigenvalue weighted by atomic mass is 15.1. The van der Waals surface area contributed by atoms with E-state index in [0.717, 1.165) is 18.3 Å². The highest BCUT2D eigenvalue weighted by molar-refractivity contribution is 5.97. The molecule has 0 aromatic heterocycles. The van der Waals surface area contributed by atoms with Crippen molar-refractivity contribution in [3.05, 3.63) is 154 Å². The zero-order chi connectivity index (χ0) is 34.4. The number of allylic oxidation sites excluding steroid dienone is 4. The third-order valence-corrected chi connectivity index (χ3v) is 14.6. The number of rotatable bonds is 3. The molecule has 0 saturated heterocycles. The summed E-state index contributed by atoms with van der Waals surface area (Å²) in [5.41, 5.74) is 21.5. The molecule has 0 radical (unpaired) electrons. The van der Waals surface area contributed by atoms with Gasteiger partial charge in [0, 0.05) is 33.2 Å². The van der Waals surface area contributed by atoms with Crippen LogP contribution in [0.3, 0.4) is 0 Å². The highest BCUT2D eigenvalue weighted by Gasteiger charge is 2.57. The van der Waals surface area contributed by atoms with Crippen LogP contribution in [-0.4, -0.2) is 0 Å². The van der Waals surface area contributed by atoms with Gasteiger partial charge in [0.2, 0.25) is 0 Å². The van der Waals surface area contributed by atoms with Gasteiger partial charge in [-0.15, -0.1) is 0 Å². The molecular formula is C50H47N. The second-order valence-corrected chi connectivity index (χ2v) is 17.8. The van der Waals surface area contributed by atoms with E-state index in [4.69, 9.17) is 0 Å². The average Bonchev–Trinajstić information content (AvgIpc) is 3.92. The van der Waals surface area contributed by atoms with E-state index in [0.29, 0.717) is 5.92 Å². The van der Waals surface area contributed by atoms with Crippen LogP contribution in [0.5, 0.6) is 0 Å². The van der Waals surface area contributed by atoms with Gasteiger partial charge in [-0.25, -0.2) is 0 Å². The predicted octanol–water partition coefficient (Wildman–Crippen LogP) is 13.2. The lowest BCUT2D eigenvalue weighted by molar-refractivity contribution is 0.327. The third-order valence-electron chi connectivity index (χ3n) is 14.6. The first kappa shape index (κ1) is 30.0. The standard InChI is InChI=1S/C50H47N/c1-30-12-10-15-38-37-25-23-34(28-44(37)49(4,5)47(30)38)51(33-22-24-36-35-13-6-8-16-40(35)48(2,3)43(36)27-33)45-19-11-18-42-46(45)39-14-7-9-17-41(39)50(42)29-31-20-21-32(50)26-31/h6-11,13-19,22-25,27-28,30-32H,12,20-21,26,29H2,1-5H3. The molecule has 1 nitrogen and oxygen atoms in total. The van der Waals surface area contributed by atoms with Gasteiger partial charge in [0.1, 0.15) is 0 Å². The van der Waals surface area contributed by atoms with Gasteiger partial charge in [-0.1, -0.05) is 126 Å². The number of fused-ring (bicyclic) bond motifs is 13. The minimum absolute atomic E-state index is 0.0174. The first-order valence-electron chi connectivity index (χ1n) is 19.5. The van der Waals surface area contributed by atoms with Gasteiger partial charge in [-0.3, -0.25) is 0 Å². The molecule has 252 valence electrons. The van der Waals surface area contributed by atoms with Gasteiger partial charge < -0.3 is 4.90 Å². The van der Waals surface area contributed by atoms with E-state index in [9.17, 15) is 0 Å². The topological polar surface area (TPSA) is 3.24 Å². The van der Waals surface area contributed by atoms with Crippen LogP contribution in [0.1, 0.15) is 100 Å². The van der Waals surface area contributed by atoms with Crippen LogP contribution in [0.2, 0.25) is 0 Å². The first-order valence-corrected chi connectivity index (χ1v) is 19.5. The van der Waals surface area contributed by atoms with Crippen molar-refractivity contribution in [1.29, 1.82) is 0 Å². The second kappa shape index (κ2) is 10.0. The Kier molecular flexibility index (Phi) is 5.91. The Morgan fingerprint density at radius 3 is 2.02 bits per heavy atom. The Balaban J connectivity index is 1.16. The van der Waals surface area contributed by atoms with Crippen LogP contribution in [0, 0.1) is 17.8 Å². The molecule has 11 rings (SSSR count). The van der Waals surface area contributed by atoms with Gasteiger partial charge >= 0.3 is 0 Å². The molecule has 6 aliphatic rings. The van der Waals surface area contributed by atoms with E-state index in [1.54, 1.807) is 16.7 Å². The fourth-order valence-corrected chi connectivity index (χ4v) is 12.5. The Hall–Kier alpha value is -4.62. The maximum Gasteiger partial charge on any atom is 0.0543 e. The van der Waals surface area contributed by atoms with Crippen molar-refractivity contribution in [3.8, 4) is 22.3 Å². The minimum Gasteiger partial charge on any atom is -0.310 e. The molecule has 6 aliphatic carbocycles. The Bertz CT molecular complexity index is 2400. The van der Waals surface area contributed by atoms with E-state index in [1.165, 1.54) is 92.8 Å². The molecule has 1 spiro atoms. The summed E-state index contributed by atoms with van der Waals surface area (Å²) in [7, 11) is 0. The van der Waals surface area contributed by atoms with Crippen LogP contribution >= 0.6 is 0 Å². The zero-order valence-corrected chi connectivity index (χ0v) is 30.7. The lowest BCUT2D eigenvalue weighted by atomic mass is 9.67. The second-order valence-electron chi connectivity index (χ2n) is 17.8. The Morgan fingerprint density at radius 1 is 0.608 bits per heavy atom. The molecule has 0 aliphatic heterocycles. The first-order chi connectivity index (χ1) is 24.7. The van der Waals surface area contributed by atoms with Crippen molar-refractivity contribution in [2.45, 2.75) is 83.0 Å². The number of benzene rings is 5. The summed E-state index contributed by atoms with van der Waals surface area (Å²) in [6, 6.07) is 40.5. The van der Waals surface area contributed by atoms with Crippen molar-refractivity contribution in [2.24, 2.45) is 17.8 Å². The summed E-state index contributed by atoms with van der Waals surface area (Å²) in [4.78, 5) is 2.63. The van der Waals surface area contributed by atoms with Crippen LogP contribution in [-0.2, 0) is 16.2 Å². The fraction of sp³-hybridized carbons (Fsp3) is 0.320. The van der Waals surface area contributed by atoms with E-state index in [2.05, 4.69) is 155 Å². The lowest BCUT2D eigenvalue weighted by Gasteiger charge is -2.37. The average molecular weight is 662 g/mol. The smallest absolute Gasteiger partial charge is 0.0543 e. The molecule has 51 heavy (non-hydrogen) atoms. The largest absolute Gasteiger partial charge is 0.310 e. The van der Waals surface area contributed by atoms with Crippen molar-refractivity contribution >= 4 is 22.6 Å². The summed E-state index contributed by atoms with van der Waals surface area (Å²) >= 11 is 0. The molecule has 0 amide bonds. The molecule has 1 heteroatoms. The van der Waals surface area contributed by atoms with Gasteiger partial charge in [0.25, 0.3) is 0 Å². The Morgan fingerprint density at radius 2 is 1.27 bits per heavy atom. The van der Waals surface area contributed by atoms with Crippen LogP contribution in [0.25, 0.3) is 27.8 Å². The zero-order valence-electron chi connectivity index (χ0n) is 30.7. The molecule has 2 saturated carbocycles. The predicted molar refractivity (Wildman–Crippen MR) is 213 cm³/mol. The SMILES string of the molecule is CC1CC=CC2=C1C(C)(C)c1cc(N(c3ccc4c(c3)C(C)(C)c3ccccc3-4)c3cccc4c3-c3ccccc3C43CC4CCC3C4)ccc12. The number of hydrogen-bond acceptors (Lipinski definition) is 1.